The summed E-state index contributed by atoms with van der Waals surface area (Å²) in [6.07, 6.45) is 3.41. The van der Waals surface area contributed by atoms with Gasteiger partial charge in [0, 0.05) is 0 Å². The van der Waals surface area contributed by atoms with E-state index in [0.29, 0.717) is 11.8 Å². The van der Waals surface area contributed by atoms with Gasteiger partial charge in [-0.1, -0.05) is 59.2 Å². The molecule has 1 radical (unpaired) electrons. The molecule has 0 nitrogen and oxygen atoms in total. The maximum absolute atomic E-state index is 3.93. The van der Waals surface area contributed by atoms with E-state index in [0.717, 1.165) is 6.42 Å². The summed E-state index contributed by atoms with van der Waals surface area (Å²) in [5.41, 5.74) is 4.63. The first kappa shape index (κ1) is 13.3. The van der Waals surface area contributed by atoms with Crippen LogP contribution < -0.4 is 0 Å². The summed E-state index contributed by atoms with van der Waals surface area (Å²) >= 11 is 0. The molecule has 89 valence electrons. The first-order valence-corrected chi connectivity index (χ1v) is 6.48. The molecule has 1 rings (SSSR count). The van der Waals surface area contributed by atoms with Gasteiger partial charge in [0.1, 0.15) is 0 Å². The lowest BCUT2D eigenvalue weighted by molar-refractivity contribution is 0.755. The van der Waals surface area contributed by atoms with Gasteiger partial charge < -0.3 is 0 Å². The normalized spacial score (nSPS) is 11.4. The molecule has 0 unspecified atom stereocenters. The molecular weight excluding hydrogens is 192 g/mol. The molecule has 0 heterocycles. The lowest BCUT2D eigenvalue weighted by atomic mass is 9.85. The van der Waals surface area contributed by atoms with Crippen molar-refractivity contribution in [3.05, 3.63) is 41.8 Å². The van der Waals surface area contributed by atoms with Crippen LogP contribution in [0.5, 0.6) is 0 Å². The van der Waals surface area contributed by atoms with Crippen LogP contribution in [-0.4, -0.2) is 0 Å². The van der Waals surface area contributed by atoms with Crippen LogP contribution in [0.2, 0.25) is 0 Å². The number of aryl methyl sites for hydroxylation is 1. The molecular formula is C16H25. The Labute approximate surface area is 101 Å². The maximum Gasteiger partial charge on any atom is -0.0213 e. The van der Waals surface area contributed by atoms with Gasteiger partial charge in [-0.3, -0.25) is 0 Å². The molecule has 0 bridgehead atoms. The zero-order valence-corrected chi connectivity index (χ0v) is 11.2. The number of rotatable bonds is 5. The minimum Gasteiger partial charge on any atom is -0.0617 e. The second-order valence-electron chi connectivity index (χ2n) is 5.19. The smallest absolute Gasteiger partial charge is 0.0213 e. The SMILES string of the molecule is [CH2]CCCc1cccc(C(C)C)c1C(C)C. The average molecular weight is 217 g/mol. The van der Waals surface area contributed by atoms with E-state index in [1.165, 1.54) is 24.0 Å². The van der Waals surface area contributed by atoms with E-state index < -0.39 is 0 Å². The first-order chi connectivity index (χ1) is 7.57. The molecule has 0 heteroatoms. The van der Waals surface area contributed by atoms with Crippen LogP contribution in [-0.2, 0) is 6.42 Å². The van der Waals surface area contributed by atoms with E-state index in [1.807, 2.05) is 0 Å². The molecule has 1 aromatic rings. The van der Waals surface area contributed by atoms with Gasteiger partial charge in [-0.25, -0.2) is 0 Å². The highest BCUT2D eigenvalue weighted by molar-refractivity contribution is 5.39. The Morgan fingerprint density at radius 3 is 2.25 bits per heavy atom. The van der Waals surface area contributed by atoms with Crippen LogP contribution in [0.1, 0.15) is 69.1 Å². The number of benzene rings is 1. The molecule has 0 aromatic heterocycles. The van der Waals surface area contributed by atoms with Crippen molar-refractivity contribution in [1.29, 1.82) is 0 Å². The minimum absolute atomic E-state index is 0.622. The Balaban J connectivity index is 3.11. The van der Waals surface area contributed by atoms with Crippen molar-refractivity contribution in [3.8, 4) is 0 Å². The van der Waals surface area contributed by atoms with Crippen LogP contribution in [0, 0.1) is 6.92 Å². The van der Waals surface area contributed by atoms with Crippen LogP contribution in [0.15, 0.2) is 18.2 Å². The van der Waals surface area contributed by atoms with Crippen LogP contribution in [0.25, 0.3) is 0 Å². The molecule has 0 fully saturated rings. The molecule has 0 saturated carbocycles. The summed E-state index contributed by atoms with van der Waals surface area (Å²) in [7, 11) is 0. The van der Waals surface area contributed by atoms with Crippen molar-refractivity contribution >= 4 is 0 Å². The molecule has 0 amide bonds. The van der Waals surface area contributed by atoms with Gasteiger partial charge in [0.05, 0.1) is 0 Å². The summed E-state index contributed by atoms with van der Waals surface area (Å²) in [5, 5.41) is 0. The van der Waals surface area contributed by atoms with Crippen LogP contribution in [0.3, 0.4) is 0 Å². The number of unbranched alkanes of at least 4 members (excludes halogenated alkanes) is 1. The molecule has 0 saturated heterocycles. The summed E-state index contributed by atoms with van der Waals surface area (Å²) < 4.78 is 0. The van der Waals surface area contributed by atoms with E-state index in [9.17, 15) is 0 Å². The first-order valence-electron chi connectivity index (χ1n) is 6.48. The molecule has 0 atom stereocenters. The second-order valence-corrected chi connectivity index (χ2v) is 5.19. The van der Waals surface area contributed by atoms with Crippen molar-refractivity contribution in [3.63, 3.8) is 0 Å². The van der Waals surface area contributed by atoms with Crippen molar-refractivity contribution in [2.75, 3.05) is 0 Å². The van der Waals surface area contributed by atoms with E-state index in [4.69, 9.17) is 0 Å². The zero-order valence-electron chi connectivity index (χ0n) is 11.2. The molecule has 16 heavy (non-hydrogen) atoms. The van der Waals surface area contributed by atoms with Crippen molar-refractivity contribution < 1.29 is 0 Å². The third-order valence-corrected chi connectivity index (χ3v) is 3.13. The fraction of sp³-hybridized carbons (Fsp3) is 0.562. The molecule has 0 aliphatic carbocycles. The minimum atomic E-state index is 0.622. The Morgan fingerprint density at radius 1 is 1.06 bits per heavy atom. The van der Waals surface area contributed by atoms with Crippen molar-refractivity contribution in [1.82, 2.24) is 0 Å². The second kappa shape index (κ2) is 6.08. The highest BCUT2D eigenvalue weighted by atomic mass is 14.2. The summed E-state index contributed by atoms with van der Waals surface area (Å²) in [6.45, 7) is 13.1. The Kier molecular flexibility index (Phi) is 5.05. The van der Waals surface area contributed by atoms with E-state index in [-0.39, 0.29) is 0 Å². The summed E-state index contributed by atoms with van der Waals surface area (Å²) in [4.78, 5) is 0. The van der Waals surface area contributed by atoms with Gasteiger partial charge >= 0.3 is 0 Å². The quantitative estimate of drug-likeness (QED) is 0.644. The van der Waals surface area contributed by atoms with Crippen molar-refractivity contribution in [2.24, 2.45) is 0 Å². The Bertz CT molecular complexity index is 321. The van der Waals surface area contributed by atoms with Crippen molar-refractivity contribution in [2.45, 2.75) is 58.8 Å². The fourth-order valence-corrected chi connectivity index (χ4v) is 2.37. The predicted molar refractivity (Wildman–Crippen MR) is 72.9 cm³/mol. The maximum atomic E-state index is 3.93. The van der Waals surface area contributed by atoms with E-state index in [2.05, 4.69) is 52.8 Å². The predicted octanol–water partition coefficient (Wildman–Crippen LogP) is 5.09. The summed E-state index contributed by atoms with van der Waals surface area (Å²) in [6, 6.07) is 6.78. The highest BCUT2D eigenvalue weighted by Gasteiger charge is 2.13. The van der Waals surface area contributed by atoms with E-state index in [1.54, 1.807) is 5.56 Å². The lowest BCUT2D eigenvalue weighted by Crippen LogP contribution is -2.03. The highest BCUT2D eigenvalue weighted by Crippen LogP contribution is 2.30. The van der Waals surface area contributed by atoms with Gasteiger partial charge in [0.2, 0.25) is 0 Å². The molecule has 0 spiro atoms. The monoisotopic (exact) mass is 217 g/mol. The number of hydrogen-bond acceptors (Lipinski definition) is 0. The van der Waals surface area contributed by atoms with Gasteiger partial charge in [-0.15, -0.1) is 0 Å². The largest absolute Gasteiger partial charge is 0.0617 e. The third kappa shape index (κ3) is 3.10. The lowest BCUT2D eigenvalue weighted by Gasteiger charge is -2.20. The number of hydrogen-bond donors (Lipinski definition) is 0. The van der Waals surface area contributed by atoms with Gasteiger partial charge in [0.15, 0.2) is 0 Å². The Hall–Kier alpha value is -0.780. The average Bonchev–Trinajstić information content (AvgIpc) is 2.25. The Morgan fingerprint density at radius 2 is 1.75 bits per heavy atom. The van der Waals surface area contributed by atoms with Crippen LogP contribution >= 0.6 is 0 Å². The van der Waals surface area contributed by atoms with Crippen LogP contribution in [0.4, 0.5) is 0 Å². The molecule has 0 N–H and O–H groups in total. The van der Waals surface area contributed by atoms with Gasteiger partial charge in [-0.05, 0) is 41.4 Å². The van der Waals surface area contributed by atoms with E-state index >= 15 is 0 Å². The zero-order chi connectivity index (χ0) is 12.1. The fourth-order valence-electron chi connectivity index (χ4n) is 2.37. The standard InChI is InChI=1S/C16H25/c1-6-7-9-14-10-8-11-15(12(2)3)16(14)13(4)5/h8,10-13H,1,6-7,9H2,2-5H3. The molecule has 0 aliphatic rings. The molecule has 0 aliphatic heterocycles. The van der Waals surface area contributed by atoms with Gasteiger partial charge in [-0.2, -0.15) is 0 Å². The van der Waals surface area contributed by atoms with Gasteiger partial charge in [0.25, 0.3) is 0 Å². The summed E-state index contributed by atoms with van der Waals surface area (Å²) in [5.74, 6) is 1.25. The third-order valence-electron chi connectivity index (χ3n) is 3.13. The molecule has 1 aromatic carbocycles. The topological polar surface area (TPSA) is 0 Å².